The highest BCUT2D eigenvalue weighted by Gasteiger charge is 2.16. The summed E-state index contributed by atoms with van der Waals surface area (Å²) in [6.07, 6.45) is 0.980. The Morgan fingerprint density at radius 1 is 1.17 bits per heavy atom. The molecule has 0 radical (unpaired) electrons. The second-order valence-electron chi connectivity index (χ2n) is 7.37. The van der Waals surface area contributed by atoms with Crippen LogP contribution in [-0.2, 0) is 16.7 Å². The van der Waals surface area contributed by atoms with Gasteiger partial charge in [-0.25, -0.2) is 4.79 Å². The molecule has 126 valence electrons. The number of aromatic amines is 1. The SMILES string of the molecule is CC(C)(C)c1ccc2c(c1)[nH]c(=O)n2CCCN1CCOCC1. The smallest absolute Gasteiger partial charge is 0.326 e. The van der Waals surface area contributed by atoms with Gasteiger partial charge in [-0.1, -0.05) is 26.8 Å². The number of H-pyrrole nitrogens is 1. The molecule has 5 nitrogen and oxygen atoms in total. The standard InChI is InChI=1S/C18H27N3O2/c1-18(2,3)14-5-6-16-15(13-14)19-17(22)21(16)8-4-7-20-9-11-23-12-10-20/h5-6,13H,4,7-12H2,1-3H3,(H,19,22). The number of nitrogens with zero attached hydrogens (tertiary/aromatic N) is 2. The largest absolute Gasteiger partial charge is 0.379 e. The fraction of sp³-hybridized carbons (Fsp3) is 0.611. The molecule has 0 spiro atoms. The van der Waals surface area contributed by atoms with Gasteiger partial charge in [-0.2, -0.15) is 0 Å². The number of hydrogen-bond donors (Lipinski definition) is 1. The second-order valence-corrected chi connectivity index (χ2v) is 7.37. The summed E-state index contributed by atoms with van der Waals surface area (Å²) in [6, 6.07) is 6.31. The molecule has 3 rings (SSSR count). The molecule has 1 saturated heterocycles. The highest BCUT2D eigenvalue weighted by molar-refractivity contribution is 5.76. The number of morpholine rings is 1. The third-order valence-corrected chi connectivity index (χ3v) is 4.60. The van der Waals surface area contributed by atoms with Crippen molar-refractivity contribution in [1.29, 1.82) is 0 Å². The zero-order valence-electron chi connectivity index (χ0n) is 14.4. The van der Waals surface area contributed by atoms with E-state index < -0.39 is 0 Å². The Hall–Kier alpha value is -1.59. The highest BCUT2D eigenvalue weighted by atomic mass is 16.5. The first-order chi connectivity index (χ1) is 10.9. The Bertz CT molecular complexity index is 718. The van der Waals surface area contributed by atoms with Crippen LogP contribution in [0, 0.1) is 0 Å². The molecule has 0 atom stereocenters. The van der Waals surface area contributed by atoms with Crippen molar-refractivity contribution in [2.75, 3.05) is 32.8 Å². The van der Waals surface area contributed by atoms with Gasteiger partial charge in [-0.05, 0) is 29.5 Å². The fourth-order valence-electron chi connectivity index (χ4n) is 3.13. The summed E-state index contributed by atoms with van der Waals surface area (Å²) in [5.41, 5.74) is 3.27. The van der Waals surface area contributed by atoms with E-state index in [1.165, 1.54) is 5.56 Å². The van der Waals surface area contributed by atoms with Crippen LogP contribution in [0.1, 0.15) is 32.8 Å². The van der Waals surface area contributed by atoms with Crippen molar-refractivity contribution in [3.05, 3.63) is 34.2 Å². The van der Waals surface area contributed by atoms with Gasteiger partial charge in [0.05, 0.1) is 24.2 Å². The Labute approximate surface area is 137 Å². The molecule has 0 unspecified atom stereocenters. The first-order valence-electron chi connectivity index (χ1n) is 8.48. The minimum atomic E-state index is -0.00645. The molecule has 1 aromatic heterocycles. The van der Waals surface area contributed by atoms with Crippen molar-refractivity contribution < 1.29 is 4.74 Å². The third-order valence-electron chi connectivity index (χ3n) is 4.60. The van der Waals surface area contributed by atoms with Crippen LogP contribution in [0.25, 0.3) is 11.0 Å². The molecular formula is C18H27N3O2. The van der Waals surface area contributed by atoms with E-state index in [1.807, 2.05) is 4.57 Å². The Morgan fingerprint density at radius 3 is 2.61 bits per heavy atom. The van der Waals surface area contributed by atoms with Gasteiger partial charge in [-0.3, -0.25) is 9.47 Å². The zero-order chi connectivity index (χ0) is 16.4. The van der Waals surface area contributed by atoms with E-state index in [0.29, 0.717) is 0 Å². The maximum absolute atomic E-state index is 12.3. The van der Waals surface area contributed by atoms with Gasteiger partial charge < -0.3 is 9.72 Å². The Morgan fingerprint density at radius 2 is 1.91 bits per heavy atom. The molecule has 5 heteroatoms. The van der Waals surface area contributed by atoms with Crippen molar-refractivity contribution in [3.63, 3.8) is 0 Å². The van der Waals surface area contributed by atoms with Crippen molar-refractivity contribution in [2.24, 2.45) is 0 Å². The molecule has 1 aliphatic heterocycles. The summed E-state index contributed by atoms with van der Waals surface area (Å²) in [6.45, 7) is 12.0. The zero-order valence-corrected chi connectivity index (χ0v) is 14.4. The number of nitrogens with one attached hydrogen (secondary N) is 1. The predicted molar refractivity (Wildman–Crippen MR) is 93.1 cm³/mol. The molecule has 0 saturated carbocycles. The molecule has 23 heavy (non-hydrogen) atoms. The number of ether oxygens (including phenoxy) is 1. The number of rotatable bonds is 4. The first-order valence-corrected chi connectivity index (χ1v) is 8.48. The predicted octanol–water partition coefficient (Wildman–Crippen LogP) is 2.35. The van der Waals surface area contributed by atoms with Crippen LogP contribution in [0.3, 0.4) is 0 Å². The van der Waals surface area contributed by atoms with E-state index in [0.717, 1.165) is 56.8 Å². The van der Waals surface area contributed by atoms with Crippen molar-refractivity contribution >= 4 is 11.0 Å². The van der Waals surface area contributed by atoms with Gasteiger partial charge in [0.1, 0.15) is 0 Å². The van der Waals surface area contributed by atoms with Crippen molar-refractivity contribution in [3.8, 4) is 0 Å². The van der Waals surface area contributed by atoms with E-state index in [2.05, 4.69) is 48.9 Å². The van der Waals surface area contributed by atoms with Crippen LogP contribution in [-0.4, -0.2) is 47.3 Å². The summed E-state index contributed by atoms with van der Waals surface area (Å²) >= 11 is 0. The van der Waals surface area contributed by atoms with Crippen LogP contribution in [0.5, 0.6) is 0 Å². The van der Waals surface area contributed by atoms with E-state index in [-0.39, 0.29) is 11.1 Å². The molecule has 0 amide bonds. The van der Waals surface area contributed by atoms with Crippen molar-refractivity contribution in [2.45, 2.75) is 39.2 Å². The van der Waals surface area contributed by atoms with E-state index >= 15 is 0 Å². The summed E-state index contributed by atoms with van der Waals surface area (Å²) in [7, 11) is 0. The lowest BCUT2D eigenvalue weighted by Gasteiger charge is -2.26. The average Bonchev–Trinajstić information content (AvgIpc) is 2.83. The minimum Gasteiger partial charge on any atom is -0.379 e. The maximum Gasteiger partial charge on any atom is 0.326 e. The van der Waals surface area contributed by atoms with Gasteiger partial charge >= 0.3 is 5.69 Å². The highest BCUT2D eigenvalue weighted by Crippen LogP contribution is 2.25. The van der Waals surface area contributed by atoms with Crippen LogP contribution >= 0.6 is 0 Å². The number of aromatic nitrogens is 2. The topological polar surface area (TPSA) is 50.3 Å². The normalized spacial score (nSPS) is 17.0. The number of fused-ring (bicyclic) bond motifs is 1. The third kappa shape index (κ3) is 3.67. The molecule has 0 aliphatic carbocycles. The van der Waals surface area contributed by atoms with Gasteiger partial charge in [0, 0.05) is 26.2 Å². The summed E-state index contributed by atoms with van der Waals surface area (Å²) in [4.78, 5) is 17.7. The summed E-state index contributed by atoms with van der Waals surface area (Å²) in [5, 5.41) is 0. The number of aryl methyl sites for hydroxylation is 1. The first kappa shape index (κ1) is 16.3. The maximum atomic E-state index is 12.3. The monoisotopic (exact) mass is 317 g/mol. The molecule has 2 heterocycles. The number of imidazole rings is 1. The van der Waals surface area contributed by atoms with E-state index in [4.69, 9.17) is 4.74 Å². The average molecular weight is 317 g/mol. The lowest BCUT2D eigenvalue weighted by molar-refractivity contribution is 0.0369. The lowest BCUT2D eigenvalue weighted by Crippen LogP contribution is -2.37. The molecule has 1 fully saturated rings. The van der Waals surface area contributed by atoms with Crippen LogP contribution < -0.4 is 5.69 Å². The fourth-order valence-corrected chi connectivity index (χ4v) is 3.13. The van der Waals surface area contributed by atoms with Gasteiger partial charge in [-0.15, -0.1) is 0 Å². The Kier molecular flexibility index (Phi) is 4.60. The quantitative estimate of drug-likeness (QED) is 0.942. The second kappa shape index (κ2) is 6.49. The minimum absolute atomic E-state index is 0.00645. The van der Waals surface area contributed by atoms with Gasteiger partial charge in [0.2, 0.25) is 0 Å². The van der Waals surface area contributed by atoms with E-state index in [1.54, 1.807) is 0 Å². The Balaban J connectivity index is 1.73. The van der Waals surface area contributed by atoms with Crippen LogP contribution in [0.4, 0.5) is 0 Å². The van der Waals surface area contributed by atoms with Crippen molar-refractivity contribution in [1.82, 2.24) is 14.5 Å². The lowest BCUT2D eigenvalue weighted by atomic mass is 9.87. The van der Waals surface area contributed by atoms with Crippen LogP contribution in [0.15, 0.2) is 23.0 Å². The molecular weight excluding hydrogens is 290 g/mol. The summed E-state index contributed by atoms with van der Waals surface area (Å²) < 4.78 is 7.23. The van der Waals surface area contributed by atoms with Gasteiger partial charge in [0.15, 0.2) is 0 Å². The van der Waals surface area contributed by atoms with Crippen LogP contribution in [0.2, 0.25) is 0 Å². The molecule has 1 aliphatic rings. The summed E-state index contributed by atoms with van der Waals surface area (Å²) in [5.74, 6) is 0. The number of hydrogen-bond acceptors (Lipinski definition) is 3. The van der Waals surface area contributed by atoms with E-state index in [9.17, 15) is 4.79 Å². The molecule has 1 N–H and O–H groups in total. The molecule has 0 bridgehead atoms. The van der Waals surface area contributed by atoms with Gasteiger partial charge in [0.25, 0.3) is 0 Å². The molecule has 1 aromatic carbocycles. The number of benzene rings is 1. The molecule has 2 aromatic rings.